The van der Waals surface area contributed by atoms with Crippen LogP contribution in [0.15, 0.2) is 18.2 Å². The van der Waals surface area contributed by atoms with Gasteiger partial charge in [0, 0.05) is 43.6 Å². The minimum absolute atomic E-state index is 0.0199. The summed E-state index contributed by atoms with van der Waals surface area (Å²) >= 11 is 0. The van der Waals surface area contributed by atoms with Crippen LogP contribution in [0.3, 0.4) is 0 Å². The first-order chi connectivity index (χ1) is 15.3. The quantitative estimate of drug-likeness (QED) is 0.607. The molecule has 2 amide bonds. The van der Waals surface area contributed by atoms with Gasteiger partial charge in [-0.1, -0.05) is 6.07 Å². The third kappa shape index (κ3) is 5.41. The lowest BCUT2D eigenvalue weighted by Gasteiger charge is -2.23. The van der Waals surface area contributed by atoms with Gasteiger partial charge in [-0.2, -0.15) is 0 Å². The van der Waals surface area contributed by atoms with Crippen LogP contribution in [0.4, 0.5) is 4.39 Å². The molecule has 176 valence electrons. The lowest BCUT2D eigenvalue weighted by Crippen LogP contribution is -2.37. The monoisotopic (exact) mass is 447 g/mol. The number of likely N-dealkylation sites (tertiary alicyclic amines) is 1. The Labute approximate surface area is 189 Å². The van der Waals surface area contributed by atoms with E-state index in [-0.39, 0.29) is 53.4 Å². The number of nitrogens with one attached hydrogen (secondary N) is 2. The number of ether oxygens (including phenoxy) is 2. The molecule has 0 radical (unpaired) electrons. The maximum atomic E-state index is 13.8. The summed E-state index contributed by atoms with van der Waals surface area (Å²) in [4.78, 5) is 27.3. The van der Waals surface area contributed by atoms with E-state index in [1.807, 2.05) is 13.8 Å². The third-order valence-corrected chi connectivity index (χ3v) is 6.66. The molecule has 1 saturated carbocycles. The number of benzene rings is 1. The molecule has 1 aromatic rings. The molecule has 2 saturated heterocycles. The SMILES string of the molecule is COc1cc(CN2C[C@@H](CC(=O)NC3CC3)[C@H]3[C@H](CC(=O)NC(C)C)OC[C@H]32)ccc1F. The summed E-state index contributed by atoms with van der Waals surface area (Å²) < 4.78 is 25.1. The van der Waals surface area contributed by atoms with Crippen LogP contribution in [-0.4, -0.2) is 61.2 Å². The Morgan fingerprint density at radius 3 is 2.72 bits per heavy atom. The molecule has 0 unspecified atom stereocenters. The standard InChI is InChI=1S/C24H34FN3O4/c1-14(2)26-23(30)10-21-24-16(9-22(29)27-17-5-6-17)12-28(19(24)13-32-21)11-15-4-7-18(25)20(8-15)31-3/h4,7-8,14,16-17,19,21,24H,5-6,9-13H2,1-3H3,(H,26,30)(H,27,29)/t16-,19-,21+,24-/m1/s1. The fourth-order valence-corrected chi connectivity index (χ4v) is 5.15. The topological polar surface area (TPSA) is 79.9 Å². The minimum Gasteiger partial charge on any atom is -0.494 e. The molecule has 0 aromatic heterocycles. The van der Waals surface area contributed by atoms with Crippen molar-refractivity contribution in [3.05, 3.63) is 29.6 Å². The van der Waals surface area contributed by atoms with E-state index in [0.717, 1.165) is 24.9 Å². The average Bonchev–Trinajstić information content (AvgIpc) is 3.34. The van der Waals surface area contributed by atoms with Crippen LogP contribution in [0.25, 0.3) is 0 Å². The largest absolute Gasteiger partial charge is 0.494 e. The second-order valence-corrected chi connectivity index (χ2v) is 9.65. The van der Waals surface area contributed by atoms with Crippen LogP contribution >= 0.6 is 0 Å². The van der Waals surface area contributed by atoms with Crippen molar-refractivity contribution in [1.82, 2.24) is 15.5 Å². The molecular formula is C24H34FN3O4. The van der Waals surface area contributed by atoms with E-state index >= 15 is 0 Å². The van der Waals surface area contributed by atoms with E-state index < -0.39 is 0 Å². The zero-order valence-corrected chi connectivity index (χ0v) is 19.1. The predicted octanol–water partition coefficient (Wildman–Crippen LogP) is 2.23. The number of carbonyl (C=O) groups is 2. The molecule has 2 aliphatic heterocycles. The molecule has 2 heterocycles. The first-order valence-corrected chi connectivity index (χ1v) is 11.6. The maximum absolute atomic E-state index is 13.8. The zero-order chi connectivity index (χ0) is 22.8. The number of fused-ring (bicyclic) bond motifs is 1. The first-order valence-electron chi connectivity index (χ1n) is 11.6. The molecular weight excluding hydrogens is 413 g/mol. The molecule has 8 heteroatoms. The molecule has 0 spiro atoms. The van der Waals surface area contributed by atoms with Gasteiger partial charge < -0.3 is 20.1 Å². The summed E-state index contributed by atoms with van der Waals surface area (Å²) in [6.45, 7) is 5.78. The number of methoxy groups -OCH3 is 1. The van der Waals surface area contributed by atoms with Crippen molar-refractivity contribution in [3.63, 3.8) is 0 Å². The molecule has 4 atom stereocenters. The van der Waals surface area contributed by atoms with E-state index in [1.54, 1.807) is 12.1 Å². The Kier molecular flexibility index (Phi) is 7.00. The fraction of sp³-hybridized carbons (Fsp3) is 0.667. The van der Waals surface area contributed by atoms with Crippen LogP contribution in [0.5, 0.6) is 5.75 Å². The number of amides is 2. The molecule has 1 aromatic carbocycles. The number of hydrogen-bond donors (Lipinski definition) is 2. The third-order valence-electron chi connectivity index (χ3n) is 6.66. The van der Waals surface area contributed by atoms with E-state index in [9.17, 15) is 14.0 Å². The van der Waals surface area contributed by atoms with Gasteiger partial charge in [-0.15, -0.1) is 0 Å². The zero-order valence-electron chi connectivity index (χ0n) is 19.1. The van der Waals surface area contributed by atoms with Gasteiger partial charge in [-0.3, -0.25) is 14.5 Å². The molecule has 0 bridgehead atoms. The molecule has 32 heavy (non-hydrogen) atoms. The molecule has 4 rings (SSSR count). The van der Waals surface area contributed by atoms with Crippen molar-refractivity contribution in [2.45, 2.75) is 70.3 Å². The van der Waals surface area contributed by atoms with Gasteiger partial charge in [-0.25, -0.2) is 4.39 Å². The van der Waals surface area contributed by atoms with Crippen LogP contribution in [0.2, 0.25) is 0 Å². The number of rotatable bonds is 9. The van der Waals surface area contributed by atoms with Crippen LogP contribution in [0.1, 0.15) is 45.1 Å². The van der Waals surface area contributed by atoms with Crippen LogP contribution in [-0.2, 0) is 20.9 Å². The Bertz CT molecular complexity index is 845. The van der Waals surface area contributed by atoms with Crippen molar-refractivity contribution in [1.29, 1.82) is 0 Å². The van der Waals surface area contributed by atoms with Gasteiger partial charge in [0.25, 0.3) is 0 Å². The molecule has 2 N–H and O–H groups in total. The van der Waals surface area contributed by atoms with Crippen molar-refractivity contribution in [2.75, 3.05) is 20.3 Å². The second kappa shape index (κ2) is 9.75. The van der Waals surface area contributed by atoms with Crippen molar-refractivity contribution >= 4 is 11.8 Å². The highest BCUT2D eigenvalue weighted by atomic mass is 19.1. The molecule has 7 nitrogen and oxygen atoms in total. The van der Waals surface area contributed by atoms with Gasteiger partial charge in [0.2, 0.25) is 11.8 Å². The number of carbonyl (C=O) groups excluding carboxylic acids is 2. The van der Waals surface area contributed by atoms with Gasteiger partial charge >= 0.3 is 0 Å². The van der Waals surface area contributed by atoms with Gasteiger partial charge in [0.15, 0.2) is 11.6 Å². The summed E-state index contributed by atoms with van der Waals surface area (Å²) in [6.07, 6.45) is 2.65. The fourth-order valence-electron chi connectivity index (χ4n) is 5.15. The summed E-state index contributed by atoms with van der Waals surface area (Å²) in [5.41, 5.74) is 0.950. The average molecular weight is 448 g/mol. The Balaban J connectivity index is 1.48. The lowest BCUT2D eigenvalue weighted by atomic mass is 9.84. The van der Waals surface area contributed by atoms with Crippen molar-refractivity contribution in [3.8, 4) is 5.75 Å². The normalized spacial score (nSPS) is 27.4. The van der Waals surface area contributed by atoms with Gasteiger partial charge in [-0.05, 0) is 50.3 Å². The predicted molar refractivity (Wildman–Crippen MR) is 118 cm³/mol. The summed E-state index contributed by atoms with van der Waals surface area (Å²) in [6, 6.07) is 5.45. The number of halogens is 1. The van der Waals surface area contributed by atoms with Crippen LogP contribution in [0, 0.1) is 17.7 Å². The highest BCUT2D eigenvalue weighted by Gasteiger charge is 2.51. The molecule has 3 fully saturated rings. The Morgan fingerprint density at radius 2 is 2.03 bits per heavy atom. The lowest BCUT2D eigenvalue weighted by molar-refractivity contribution is -0.124. The summed E-state index contributed by atoms with van der Waals surface area (Å²) in [5, 5.41) is 6.04. The van der Waals surface area contributed by atoms with E-state index in [0.29, 0.717) is 32.0 Å². The smallest absolute Gasteiger partial charge is 0.222 e. The van der Waals surface area contributed by atoms with Gasteiger partial charge in [0.05, 0.1) is 26.2 Å². The summed E-state index contributed by atoms with van der Waals surface area (Å²) in [5.74, 6) is 0.128. The molecule has 3 aliphatic rings. The highest BCUT2D eigenvalue weighted by molar-refractivity contribution is 5.77. The highest BCUT2D eigenvalue weighted by Crippen LogP contribution is 2.42. The van der Waals surface area contributed by atoms with E-state index in [2.05, 4.69) is 15.5 Å². The summed E-state index contributed by atoms with van der Waals surface area (Å²) in [7, 11) is 1.46. The van der Waals surface area contributed by atoms with Crippen LogP contribution < -0.4 is 15.4 Å². The number of nitrogens with zero attached hydrogens (tertiary/aromatic N) is 1. The molecule has 1 aliphatic carbocycles. The van der Waals surface area contributed by atoms with E-state index in [4.69, 9.17) is 9.47 Å². The van der Waals surface area contributed by atoms with Crippen molar-refractivity contribution < 1.29 is 23.5 Å². The maximum Gasteiger partial charge on any atom is 0.222 e. The second-order valence-electron chi connectivity index (χ2n) is 9.65. The number of hydrogen-bond acceptors (Lipinski definition) is 5. The van der Waals surface area contributed by atoms with E-state index in [1.165, 1.54) is 13.2 Å². The first kappa shape index (κ1) is 23.0. The minimum atomic E-state index is -0.384. The van der Waals surface area contributed by atoms with Gasteiger partial charge in [0.1, 0.15) is 0 Å². The van der Waals surface area contributed by atoms with Crippen molar-refractivity contribution in [2.24, 2.45) is 11.8 Å². The Morgan fingerprint density at radius 1 is 1.25 bits per heavy atom. The Hall–Kier alpha value is -2.19.